The van der Waals surface area contributed by atoms with E-state index < -0.39 is 0 Å². The van der Waals surface area contributed by atoms with Crippen LogP contribution in [-0.4, -0.2) is 40.9 Å². The third-order valence-electron chi connectivity index (χ3n) is 4.41. The number of aromatic nitrogens is 2. The van der Waals surface area contributed by atoms with Gasteiger partial charge < -0.3 is 10.6 Å². The number of nitrogens with one attached hydrogen (secondary N) is 1. The highest BCUT2D eigenvalue weighted by Gasteiger charge is 2.36. The summed E-state index contributed by atoms with van der Waals surface area (Å²) in [6, 6.07) is 10.4. The zero-order valence-corrected chi connectivity index (χ0v) is 16.2. The van der Waals surface area contributed by atoms with E-state index in [4.69, 9.17) is 5.73 Å². The molecule has 0 aliphatic carbocycles. The molecule has 26 heavy (non-hydrogen) atoms. The first kappa shape index (κ1) is 17.1. The van der Waals surface area contributed by atoms with E-state index in [2.05, 4.69) is 67.5 Å². The van der Waals surface area contributed by atoms with Gasteiger partial charge >= 0.3 is 0 Å². The summed E-state index contributed by atoms with van der Waals surface area (Å²) in [5.74, 6) is 0. The van der Waals surface area contributed by atoms with Crippen LogP contribution in [0.5, 0.6) is 0 Å². The molecular formula is C18H20N6S2. The smallest absolute Gasteiger partial charge is 0.193 e. The van der Waals surface area contributed by atoms with Crippen molar-refractivity contribution in [2.24, 2.45) is 10.7 Å². The number of likely N-dealkylation sites (N-methyl/N-ethyl adjacent to an activating group) is 1. The molecule has 2 unspecified atom stereocenters. The van der Waals surface area contributed by atoms with Crippen LogP contribution >= 0.6 is 23.1 Å². The fraction of sp³-hybridized carbons (Fsp3) is 0.222. The Morgan fingerprint density at radius 1 is 1.35 bits per heavy atom. The maximum atomic E-state index is 5.59. The second-order valence-corrected chi connectivity index (χ2v) is 7.88. The van der Waals surface area contributed by atoms with Gasteiger partial charge in [0.2, 0.25) is 0 Å². The van der Waals surface area contributed by atoms with Crippen LogP contribution in [0.1, 0.15) is 16.6 Å². The van der Waals surface area contributed by atoms with Crippen molar-refractivity contribution in [3.8, 4) is 0 Å². The van der Waals surface area contributed by atoms with Crippen molar-refractivity contribution in [3.63, 3.8) is 0 Å². The van der Waals surface area contributed by atoms with Crippen molar-refractivity contribution in [1.82, 2.24) is 19.6 Å². The molecule has 3 N–H and O–H groups in total. The Labute approximate surface area is 160 Å². The van der Waals surface area contributed by atoms with Gasteiger partial charge in [-0.15, -0.1) is 11.3 Å². The lowest BCUT2D eigenvalue weighted by Crippen LogP contribution is -2.25. The molecule has 0 saturated carbocycles. The summed E-state index contributed by atoms with van der Waals surface area (Å²) >= 11 is 3.43. The third-order valence-corrected chi connectivity index (χ3v) is 6.63. The van der Waals surface area contributed by atoms with Crippen LogP contribution < -0.4 is 11.1 Å². The van der Waals surface area contributed by atoms with Crippen LogP contribution in [-0.2, 0) is 0 Å². The minimum atomic E-state index is -0.182. The number of nitrogens with two attached hydrogens (primary N) is 1. The highest BCUT2D eigenvalue weighted by atomic mass is 32.2. The van der Waals surface area contributed by atoms with Crippen molar-refractivity contribution in [2.45, 2.75) is 11.5 Å². The molecule has 0 saturated heterocycles. The molecule has 1 aromatic carbocycles. The zero-order valence-electron chi connectivity index (χ0n) is 14.5. The second-order valence-electron chi connectivity index (χ2n) is 5.89. The highest BCUT2D eigenvalue weighted by Crippen LogP contribution is 2.51. The minimum Gasteiger partial charge on any atom is -0.390 e. The summed E-state index contributed by atoms with van der Waals surface area (Å²) < 4.78 is 2.16. The summed E-state index contributed by atoms with van der Waals surface area (Å²) in [5, 5.41) is 5.44. The van der Waals surface area contributed by atoms with Gasteiger partial charge in [0.05, 0.1) is 28.8 Å². The molecule has 0 spiro atoms. The molecule has 1 aliphatic heterocycles. The van der Waals surface area contributed by atoms with Gasteiger partial charge in [0.15, 0.2) is 4.96 Å². The van der Waals surface area contributed by atoms with Gasteiger partial charge in [-0.1, -0.05) is 42.1 Å². The van der Waals surface area contributed by atoms with Crippen LogP contribution in [0.25, 0.3) is 10.7 Å². The number of imidazole rings is 1. The molecule has 0 amide bonds. The van der Waals surface area contributed by atoms with Crippen LogP contribution in [0.3, 0.4) is 0 Å². The zero-order chi connectivity index (χ0) is 18.1. The van der Waals surface area contributed by atoms with Crippen LogP contribution in [0, 0.1) is 0 Å². The SMILES string of the molecule is CNC(/N=C\N)C1=C(c2ccccc2)N(C)C(c2cnc3sccn23)S1. The Morgan fingerprint density at radius 3 is 2.88 bits per heavy atom. The van der Waals surface area contributed by atoms with Gasteiger partial charge in [0.1, 0.15) is 11.5 Å². The molecule has 1 aliphatic rings. The highest BCUT2D eigenvalue weighted by molar-refractivity contribution is 8.03. The van der Waals surface area contributed by atoms with Gasteiger partial charge in [0.25, 0.3) is 0 Å². The maximum Gasteiger partial charge on any atom is 0.193 e. The summed E-state index contributed by atoms with van der Waals surface area (Å²) in [6.45, 7) is 0. The molecule has 3 heterocycles. The number of aliphatic imine (C=N–C) groups is 1. The second kappa shape index (κ2) is 7.14. The van der Waals surface area contributed by atoms with Crippen molar-refractivity contribution in [2.75, 3.05) is 14.1 Å². The van der Waals surface area contributed by atoms with Crippen LogP contribution in [0.15, 0.2) is 58.0 Å². The molecule has 3 aromatic rings. The molecular weight excluding hydrogens is 364 g/mol. The average Bonchev–Trinajstić information content (AvgIpc) is 3.35. The summed E-state index contributed by atoms with van der Waals surface area (Å²) in [6.07, 6.45) is 5.22. The Bertz CT molecular complexity index is 958. The van der Waals surface area contributed by atoms with Gasteiger partial charge in [0, 0.05) is 18.6 Å². The lowest BCUT2D eigenvalue weighted by molar-refractivity contribution is 0.460. The number of thiazole rings is 1. The number of rotatable bonds is 5. The van der Waals surface area contributed by atoms with E-state index in [-0.39, 0.29) is 11.5 Å². The molecule has 8 heteroatoms. The molecule has 6 nitrogen and oxygen atoms in total. The van der Waals surface area contributed by atoms with Crippen LogP contribution in [0.4, 0.5) is 0 Å². The number of hydrogen-bond acceptors (Lipinski definition) is 6. The molecule has 0 fully saturated rings. The van der Waals surface area contributed by atoms with Crippen molar-refractivity contribution in [1.29, 1.82) is 0 Å². The standard InChI is InChI=1S/C18H20N6S2/c1-20-16(22-11-19)15-14(12-6-4-3-5-7-12)23(2)17(26-15)13-10-21-18-24(13)8-9-25-18/h3-11,16-17,20H,1-2H3,(H2,19,22). The van der Waals surface area contributed by atoms with Gasteiger partial charge in [-0.3, -0.25) is 14.7 Å². The normalized spacial score (nSPS) is 19.2. The minimum absolute atomic E-state index is 0.119. The number of fused-ring (bicyclic) bond motifs is 1. The van der Waals surface area contributed by atoms with E-state index >= 15 is 0 Å². The van der Waals surface area contributed by atoms with Gasteiger partial charge in [-0.05, 0) is 12.6 Å². The fourth-order valence-corrected chi connectivity index (χ4v) is 5.41. The average molecular weight is 385 g/mol. The summed E-state index contributed by atoms with van der Waals surface area (Å²) in [5.41, 5.74) is 9.08. The van der Waals surface area contributed by atoms with E-state index in [1.807, 2.05) is 19.3 Å². The third kappa shape index (κ3) is 2.80. The number of nitrogens with zero attached hydrogens (tertiary/aromatic N) is 4. The predicted molar refractivity (Wildman–Crippen MR) is 110 cm³/mol. The molecule has 134 valence electrons. The van der Waals surface area contributed by atoms with Crippen molar-refractivity contribution >= 4 is 40.1 Å². The van der Waals surface area contributed by atoms with E-state index in [9.17, 15) is 0 Å². The topological polar surface area (TPSA) is 70.9 Å². The number of hydrogen-bond donors (Lipinski definition) is 2. The van der Waals surface area contributed by atoms with Crippen LogP contribution in [0.2, 0.25) is 0 Å². The van der Waals surface area contributed by atoms with E-state index in [1.54, 1.807) is 23.1 Å². The Hall–Kier alpha value is -2.29. The molecule has 4 rings (SSSR count). The number of benzene rings is 1. The fourth-order valence-electron chi connectivity index (χ4n) is 3.23. The lowest BCUT2D eigenvalue weighted by atomic mass is 10.1. The van der Waals surface area contributed by atoms with Gasteiger partial charge in [-0.2, -0.15) is 0 Å². The first-order valence-electron chi connectivity index (χ1n) is 8.24. The first-order valence-corrected chi connectivity index (χ1v) is 10.0. The summed E-state index contributed by atoms with van der Waals surface area (Å²) in [4.78, 5) is 13.4. The molecule has 0 radical (unpaired) electrons. The Morgan fingerprint density at radius 2 is 2.15 bits per heavy atom. The maximum absolute atomic E-state index is 5.59. The van der Waals surface area contributed by atoms with E-state index in [0.29, 0.717) is 0 Å². The first-order chi connectivity index (χ1) is 12.7. The largest absolute Gasteiger partial charge is 0.390 e. The monoisotopic (exact) mass is 384 g/mol. The Kier molecular flexibility index (Phi) is 4.71. The molecule has 0 bridgehead atoms. The van der Waals surface area contributed by atoms with E-state index in [0.717, 1.165) is 21.3 Å². The van der Waals surface area contributed by atoms with E-state index in [1.165, 1.54) is 11.9 Å². The molecule has 2 atom stereocenters. The van der Waals surface area contributed by atoms with Crippen molar-refractivity contribution < 1.29 is 0 Å². The number of thioether (sulfide) groups is 1. The lowest BCUT2D eigenvalue weighted by Gasteiger charge is -2.24. The predicted octanol–water partition coefficient (Wildman–Crippen LogP) is 2.97. The van der Waals surface area contributed by atoms with Crippen molar-refractivity contribution in [3.05, 3.63) is 64.3 Å². The summed E-state index contributed by atoms with van der Waals surface area (Å²) in [7, 11) is 4.02. The quantitative estimate of drug-likeness (QED) is 0.523. The molecule has 2 aromatic heterocycles. The van der Waals surface area contributed by atoms with Gasteiger partial charge in [-0.25, -0.2) is 4.98 Å². The Balaban J connectivity index is 1.81.